The average Bonchev–Trinajstić information content (AvgIpc) is 2.97. The normalized spacial score (nSPS) is 19.4. The number of hydrogen-bond donors (Lipinski definition) is 0. The molecule has 1 fully saturated rings. The van der Waals surface area contributed by atoms with Crippen molar-refractivity contribution in [2.75, 3.05) is 10.7 Å². The highest BCUT2D eigenvalue weighted by molar-refractivity contribution is 7.04. The van der Waals surface area contributed by atoms with Gasteiger partial charge >= 0.3 is 0 Å². The van der Waals surface area contributed by atoms with Gasteiger partial charge in [0.15, 0.2) is 19.7 Å². The van der Waals surface area contributed by atoms with Crippen molar-refractivity contribution in [1.82, 2.24) is 19.9 Å². The molecule has 5 nitrogen and oxygen atoms in total. The molecular formula is C16H27N5Si2. The van der Waals surface area contributed by atoms with E-state index in [1.165, 1.54) is 36.0 Å². The average molecular weight is 346 g/mol. The Balaban J connectivity index is 2.15. The third-order valence-corrected chi connectivity index (χ3v) is 20.2. The molecule has 0 saturated carbocycles. The van der Waals surface area contributed by atoms with Gasteiger partial charge in [0.2, 0.25) is 0 Å². The topological polar surface area (TPSA) is 54.8 Å². The van der Waals surface area contributed by atoms with Gasteiger partial charge < -0.3 is 4.57 Å². The van der Waals surface area contributed by atoms with Gasteiger partial charge in [0.1, 0.15) is 11.8 Å². The fraction of sp³-hybridized carbons (Fsp3) is 0.625. The summed E-state index contributed by atoms with van der Waals surface area (Å²) in [6.45, 7) is 9.57. The third kappa shape index (κ3) is 2.59. The van der Waals surface area contributed by atoms with E-state index in [9.17, 15) is 0 Å². The van der Waals surface area contributed by atoms with Gasteiger partial charge in [-0.2, -0.15) is 0 Å². The molecule has 0 spiro atoms. The van der Waals surface area contributed by atoms with Crippen LogP contribution in [0.1, 0.15) is 27.7 Å². The van der Waals surface area contributed by atoms with E-state index in [2.05, 4.69) is 52.2 Å². The summed E-state index contributed by atoms with van der Waals surface area (Å²) in [6, 6.07) is 5.35. The maximum Gasteiger partial charge on any atom is 0.183 e. The SMILES string of the molecule is CC[Si]1(CC)CN(c2ncnc3nccnc23)[Si](CC)(CC)C1. The van der Waals surface area contributed by atoms with Crippen molar-refractivity contribution in [1.29, 1.82) is 0 Å². The van der Waals surface area contributed by atoms with Gasteiger partial charge in [0.05, 0.1) is 8.07 Å². The second-order valence-electron chi connectivity index (χ2n) is 6.83. The van der Waals surface area contributed by atoms with E-state index in [1.54, 1.807) is 18.7 Å². The first-order chi connectivity index (χ1) is 11.1. The van der Waals surface area contributed by atoms with Crippen LogP contribution in [0.4, 0.5) is 5.82 Å². The Hall–Kier alpha value is -1.35. The lowest BCUT2D eigenvalue weighted by Gasteiger charge is -2.36. The summed E-state index contributed by atoms with van der Waals surface area (Å²) >= 11 is 0. The van der Waals surface area contributed by atoms with Gasteiger partial charge in [-0.25, -0.2) is 19.9 Å². The Kier molecular flexibility index (Phi) is 4.50. The van der Waals surface area contributed by atoms with E-state index in [1.807, 2.05) is 0 Å². The van der Waals surface area contributed by atoms with Gasteiger partial charge in [-0.3, -0.25) is 0 Å². The van der Waals surface area contributed by atoms with E-state index < -0.39 is 16.3 Å². The van der Waals surface area contributed by atoms with Crippen molar-refractivity contribution in [2.24, 2.45) is 0 Å². The summed E-state index contributed by atoms with van der Waals surface area (Å²) in [4.78, 5) is 17.9. The zero-order valence-corrected chi connectivity index (χ0v) is 16.7. The predicted molar refractivity (Wildman–Crippen MR) is 101 cm³/mol. The standard InChI is InChI=1S/C16H27N5Si2/c1-5-22(6-2)12-21(23(7-3,8-4)13-22)16-14-15(19-11-20-16)18-10-9-17-14/h9-11H,5-8,12-13H2,1-4H3. The summed E-state index contributed by atoms with van der Waals surface area (Å²) in [5, 5.41) is 0. The van der Waals surface area contributed by atoms with Crippen LogP contribution in [0.2, 0.25) is 29.8 Å². The van der Waals surface area contributed by atoms with Crippen LogP contribution in [0.25, 0.3) is 11.2 Å². The first-order valence-electron chi connectivity index (χ1n) is 8.83. The quantitative estimate of drug-likeness (QED) is 0.772. The molecule has 0 aliphatic carbocycles. The van der Waals surface area contributed by atoms with Crippen molar-refractivity contribution in [3.05, 3.63) is 18.7 Å². The lowest BCUT2D eigenvalue weighted by molar-refractivity contribution is 1.05. The maximum absolute atomic E-state index is 4.68. The molecule has 0 radical (unpaired) electrons. The number of aromatic nitrogens is 4. The Labute approximate surface area is 140 Å². The minimum absolute atomic E-state index is 0.722. The molecule has 7 heteroatoms. The fourth-order valence-electron chi connectivity index (χ4n) is 4.24. The van der Waals surface area contributed by atoms with Gasteiger partial charge in [-0.1, -0.05) is 39.8 Å². The predicted octanol–water partition coefficient (Wildman–Crippen LogP) is 3.79. The van der Waals surface area contributed by atoms with Gasteiger partial charge in [-0.15, -0.1) is 0 Å². The second kappa shape index (κ2) is 6.28. The molecule has 3 rings (SSSR count). The largest absolute Gasteiger partial charge is 0.383 e. The van der Waals surface area contributed by atoms with Crippen LogP contribution in [0.5, 0.6) is 0 Å². The zero-order chi connectivity index (χ0) is 16.5. The van der Waals surface area contributed by atoms with Crippen molar-refractivity contribution < 1.29 is 0 Å². The highest BCUT2D eigenvalue weighted by Gasteiger charge is 2.53. The molecule has 124 valence electrons. The second-order valence-corrected chi connectivity index (χ2v) is 17.4. The molecule has 1 aliphatic rings. The molecule has 0 atom stereocenters. The molecule has 2 aromatic rings. The molecule has 0 N–H and O–H groups in total. The van der Waals surface area contributed by atoms with Crippen LogP contribution in [-0.2, 0) is 0 Å². The van der Waals surface area contributed by atoms with Crippen LogP contribution in [-0.4, -0.2) is 42.4 Å². The van der Waals surface area contributed by atoms with E-state index in [0.29, 0.717) is 0 Å². The van der Waals surface area contributed by atoms with Gasteiger partial charge in [0, 0.05) is 18.6 Å². The smallest absolute Gasteiger partial charge is 0.183 e. The monoisotopic (exact) mass is 345 g/mol. The summed E-state index contributed by atoms with van der Waals surface area (Å²) < 4.78 is 2.71. The number of rotatable bonds is 5. The van der Waals surface area contributed by atoms with Crippen LogP contribution in [0.3, 0.4) is 0 Å². The fourth-order valence-corrected chi connectivity index (χ4v) is 21.0. The molecule has 1 aliphatic heterocycles. The Morgan fingerprint density at radius 3 is 2.26 bits per heavy atom. The first kappa shape index (κ1) is 16.5. The molecular weight excluding hydrogens is 318 g/mol. The number of anilines is 1. The molecule has 1 saturated heterocycles. The van der Waals surface area contributed by atoms with Gasteiger partial charge in [0.25, 0.3) is 0 Å². The molecule has 2 aromatic heterocycles. The van der Waals surface area contributed by atoms with Crippen molar-refractivity contribution in [3.8, 4) is 0 Å². The lowest BCUT2D eigenvalue weighted by atomic mass is 10.4. The third-order valence-electron chi connectivity index (χ3n) is 6.09. The molecule has 0 aromatic carbocycles. The van der Waals surface area contributed by atoms with Crippen molar-refractivity contribution >= 4 is 33.3 Å². The molecule has 0 unspecified atom stereocenters. The van der Waals surface area contributed by atoms with Crippen LogP contribution >= 0.6 is 0 Å². The number of hydrogen-bond acceptors (Lipinski definition) is 5. The number of nitrogens with zero attached hydrogens (tertiary/aromatic N) is 5. The number of fused-ring (bicyclic) bond motifs is 1. The van der Waals surface area contributed by atoms with E-state index in [-0.39, 0.29) is 0 Å². The lowest BCUT2D eigenvalue weighted by Crippen LogP contribution is -2.48. The molecule has 3 heterocycles. The van der Waals surface area contributed by atoms with Crippen LogP contribution < -0.4 is 4.57 Å². The first-order valence-corrected chi connectivity index (χ1v) is 14.2. The molecule has 0 amide bonds. The van der Waals surface area contributed by atoms with E-state index in [0.717, 1.165) is 17.0 Å². The summed E-state index contributed by atoms with van der Waals surface area (Å²) in [5.74, 6) is 1.05. The van der Waals surface area contributed by atoms with Crippen LogP contribution in [0.15, 0.2) is 18.7 Å². The Morgan fingerprint density at radius 2 is 1.61 bits per heavy atom. The minimum Gasteiger partial charge on any atom is -0.383 e. The summed E-state index contributed by atoms with van der Waals surface area (Å²) in [7, 11) is -2.72. The highest BCUT2D eigenvalue weighted by atomic mass is 28.4. The van der Waals surface area contributed by atoms with Gasteiger partial charge in [-0.05, 0) is 17.8 Å². The Bertz CT molecular complexity index is 680. The van der Waals surface area contributed by atoms with Crippen LogP contribution in [0, 0.1) is 0 Å². The van der Waals surface area contributed by atoms with E-state index >= 15 is 0 Å². The summed E-state index contributed by atoms with van der Waals surface area (Å²) in [5.41, 5.74) is 3.11. The summed E-state index contributed by atoms with van der Waals surface area (Å²) in [6.07, 6.45) is 6.38. The Morgan fingerprint density at radius 1 is 0.913 bits per heavy atom. The van der Waals surface area contributed by atoms with Crippen molar-refractivity contribution in [3.63, 3.8) is 0 Å². The zero-order valence-electron chi connectivity index (χ0n) is 14.7. The maximum atomic E-state index is 4.68. The van der Waals surface area contributed by atoms with E-state index in [4.69, 9.17) is 0 Å². The molecule has 23 heavy (non-hydrogen) atoms. The minimum atomic E-state index is -1.51. The molecule has 0 bridgehead atoms. The highest BCUT2D eigenvalue weighted by Crippen LogP contribution is 2.44. The van der Waals surface area contributed by atoms with Crippen molar-refractivity contribution in [2.45, 2.75) is 57.5 Å².